The van der Waals surface area contributed by atoms with Crippen molar-refractivity contribution in [1.29, 1.82) is 0 Å². The lowest BCUT2D eigenvalue weighted by molar-refractivity contribution is -0.159. The highest BCUT2D eigenvalue weighted by Gasteiger charge is 2.44. The Labute approximate surface area is 118 Å². The van der Waals surface area contributed by atoms with Crippen LogP contribution in [0.15, 0.2) is 0 Å². The summed E-state index contributed by atoms with van der Waals surface area (Å²) in [7, 11) is 0. The van der Waals surface area contributed by atoms with Crippen molar-refractivity contribution in [2.24, 2.45) is 0 Å². The van der Waals surface area contributed by atoms with E-state index in [1.807, 2.05) is 13.8 Å². The molecular weight excluding hydrogens is 264 g/mol. The summed E-state index contributed by atoms with van der Waals surface area (Å²) in [5.41, 5.74) is -0.872. The van der Waals surface area contributed by atoms with E-state index in [-0.39, 0.29) is 18.2 Å². The molecule has 2 N–H and O–H groups in total. The van der Waals surface area contributed by atoms with Gasteiger partial charge in [-0.2, -0.15) is 0 Å². The van der Waals surface area contributed by atoms with E-state index >= 15 is 0 Å². The minimum atomic E-state index is -0.999. The molecule has 2 aliphatic heterocycles. The Morgan fingerprint density at radius 1 is 1.40 bits per heavy atom. The number of rotatable bonds is 4. The molecule has 1 atom stereocenters. The highest BCUT2D eigenvalue weighted by atomic mass is 16.5. The van der Waals surface area contributed by atoms with Crippen LogP contribution in [0.4, 0.5) is 4.79 Å². The van der Waals surface area contributed by atoms with Crippen molar-refractivity contribution in [2.45, 2.75) is 37.8 Å². The molecule has 2 heterocycles. The maximum atomic E-state index is 12.1. The number of carbonyl (C=O) groups excluding carboxylic acids is 1. The van der Waals surface area contributed by atoms with E-state index in [9.17, 15) is 9.59 Å². The zero-order valence-electron chi connectivity index (χ0n) is 12.0. The molecule has 2 saturated heterocycles. The fourth-order valence-corrected chi connectivity index (χ4v) is 2.60. The Balaban J connectivity index is 1.77. The molecule has 0 aromatic carbocycles. The molecule has 0 bridgehead atoms. The van der Waals surface area contributed by atoms with Crippen molar-refractivity contribution in [1.82, 2.24) is 10.2 Å². The number of amides is 2. The first-order valence-electron chi connectivity index (χ1n) is 6.83. The lowest BCUT2D eigenvalue weighted by Gasteiger charge is -2.48. The summed E-state index contributed by atoms with van der Waals surface area (Å²) >= 11 is 0. The van der Waals surface area contributed by atoms with E-state index in [4.69, 9.17) is 14.6 Å². The van der Waals surface area contributed by atoms with E-state index < -0.39 is 11.6 Å². The molecule has 0 saturated carbocycles. The largest absolute Gasteiger partial charge is 0.480 e. The number of carboxylic acids is 1. The van der Waals surface area contributed by atoms with Crippen LogP contribution < -0.4 is 5.32 Å². The van der Waals surface area contributed by atoms with Gasteiger partial charge in [-0.3, -0.25) is 0 Å². The van der Waals surface area contributed by atoms with Gasteiger partial charge in [-0.15, -0.1) is 0 Å². The quantitative estimate of drug-likeness (QED) is 0.783. The molecule has 0 radical (unpaired) electrons. The molecule has 0 aliphatic carbocycles. The fraction of sp³-hybridized carbons (Fsp3) is 0.846. The maximum absolute atomic E-state index is 12.1. The molecule has 0 aromatic heterocycles. The smallest absolute Gasteiger partial charge is 0.329 e. The van der Waals surface area contributed by atoms with Crippen molar-refractivity contribution in [3.05, 3.63) is 0 Å². The molecule has 7 nitrogen and oxygen atoms in total. The Kier molecular flexibility index (Phi) is 4.19. The van der Waals surface area contributed by atoms with Crippen LogP contribution in [0.2, 0.25) is 0 Å². The van der Waals surface area contributed by atoms with Crippen LogP contribution in [0.5, 0.6) is 0 Å². The van der Waals surface area contributed by atoms with E-state index in [2.05, 4.69) is 5.32 Å². The minimum absolute atomic E-state index is 0.144. The number of nitrogens with zero attached hydrogens (tertiary/aromatic N) is 1. The Morgan fingerprint density at radius 2 is 2.10 bits per heavy atom. The van der Waals surface area contributed by atoms with E-state index in [1.165, 1.54) is 0 Å². The zero-order chi connectivity index (χ0) is 14.8. The summed E-state index contributed by atoms with van der Waals surface area (Å²) in [4.78, 5) is 24.2. The summed E-state index contributed by atoms with van der Waals surface area (Å²) in [5.74, 6) is -0.999. The molecule has 2 aliphatic rings. The minimum Gasteiger partial charge on any atom is -0.480 e. The van der Waals surface area contributed by atoms with Gasteiger partial charge >= 0.3 is 12.0 Å². The van der Waals surface area contributed by atoms with Gasteiger partial charge in [0.05, 0.1) is 25.2 Å². The number of ether oxygens (including phenoxy) is 2. The van der Waals surface area contributed by atoms with Crippen LogP contribution in [0.25, 0.3) is 0 Å². The third kappa shape index (κ3) is 3.61. The lowest BCUT2D eigenvalue weighted by Crippen LogP contribution is -2.67. The number of nitrogens with one attached hydrogen (secondary N) is 1. The predicted molar refractivity (Wildman–Crippen MR) is 70.6 cm³/mol. The number of aliphatic carboxylic acids is 1. The molecule has 114 valence electrons. The summed E-state index contributed by atoms with van der Waals surface area (Å²) in [6, 6.07) is -0.144. The van der Waals surface area contributed by atoms with Gasteiger partial charge in [0, 0.05) is 6.61 Å². The summed E-state index contributed by atoms with van der Waals surface area (Å²) in [6.45, 7) is 5.54. The van der Waals surface area contributed by atoms with Gasteiger partial charge in [-0.05, 0) is 26.7 Å². The van der Waals surface area contributed by atoms with Crippen molar-refractivity contribution < 1.29 is 24.2 Å². The Morgan fingerprint density at radius 3 is 2.65 bits per heavy atom. The third-order valence-corrected chi connectivity index (χ3v) is 3.73. The van der Waals surface area contributed by atoms with Gasteiger partial charge in [0.2, 0.25) is 0 Å². The second-order valence-electron chi connectivity index (χ2n) is 6.14. The number of likely N-dealkylation sites (tertiary alicyclic amines) is 1. The Bertz CT molecular complexity index is 386. The van der Waals surface area contributed by atoms with Gasteiger partial charge in [0.25, 0.3) is 0 Å². The molecule has 1 unspecified atom stereocenters. The van der Waals surface area contributed by atoms with Gasteiger partial charge in [0.15, 0.2) is 0 Å². The summed E-state index contributed by atoms with van der Waals surface area (Å²) in [6.07, 6.45) is 1.84. The lowest BCUT2D eigenvalue weighted by atomic mass is 9.94. The average molecular weight is 286 g/mol. The van der Waals surface area contributed by atoms with Crippen molar-refractivity contribution in [2.75, 3.05) is 32.9 Å². The van der Waals surface area contributed by atoms with Crippen molar-refractivity contribution >= 4 is 12.0 Å². The molecule has 0 spiro atoms. The van der Waals surface area contributed by atoms with Crippen LogP contribution >= 0.6 is 0 Å². The first-order chi connectivity index (χ1) is 9.32. The zero-order valence-corrected chi connectivity index (χ0v) is 12.0. The number of hydrogen-bond acceptors (Lipinski definition) is 4. The first kappa shape index (κ1) is 15.1. The number of urea groups is 1. The summed E-state index contributed by atoms with van der Waals surface area (Å²) in [5, 5.41) is 11.6. The number of carboxylic acid groups (broad SMARTS) is 1. The highest BCUT2D eigenvalue weighted by Crippen LogP contribution is 2.26. The molecule has 7 heteroatoms. The normalized spacial score (nSPS) is 28.6. The maximum Gasteiger partial charge on any atom is 0.329 e. The van der Waals surface area contributed by atoms with E-state index in [0.29, 0.717) is 19.7 Å². The van der Waals surface area contributed by atoms with Gasteiger partial charge in [-0.1, -0.05) is 0 Å². The molecular formula is C13H22N2O5. The first-order valence-corrected chi connectivity index (χ1v) is 6.83. The number of carbonyl (C=O) groups is 2. The third-order valence-electron chi connectivity index (χ3n) is 3.73. The monoisotopic (exact) mass is 286 g/mol. The van der Waals surface area contributed by atoms with Crippen molar-refractivity contribution in [3.63, 3.8) is 0 Å². The number of hydrogen-bond donors (Lipinski definition) is 2. The molecule has 20 heavy (non-hydrogen) atoms. The van der Waals surface area contributed by atoms with Crippen LogP contribution in [-0.2, 0) is 14.3 Å². The van der Waals surface area contributed by atoms with Gasteiger partial charge in [0.1, 0.15) is 12.2 Å². The van der Waals surface area contributed by atoms with Crippen LogP contribution in [0, 0.1) is 0 Å². The van der Waals surface area contributed by atoms with E-state index in [0.717, 1.165) is 19.4 Å². The highest BCUT2D eigenvalue weighted by molar-refractivity contribution is 5.76. The Hall–Kier alpha value is -1.34. The topological polar surface area (TPSA) is 88.1 Å². The van der Waals surface area contributed by atoms with E-state index in [1.54, 1.807) is 4.90 Å². The average Bonchev–Trinajstić information content (AvgIpc) is 2.33. The molecule has 0 aromatic rings. The van der Waals surface area contributed by atoms with Gasteiger partial charge in [-0.25, -0.2) is 9.59 Å². The van der Waals surface area contributed by atoms with Crippen LogP contribution in [0.1, 0.15) is 26.7 Å². The SMILES string of the molecule is CC1(NC(=O)N2CC(C)(OCC(=O)O)C2)CCCOC1. The molecule has 2 amide bonds. The predicted octanol–water partition coefficient (Wildman–Crippen LogP) is 0.441. The standard InChI is InChI=1S/C13H22N2O5/c1-12(4-3-5-19-9-12)14-11(18)15-7-13(2,8-15)20-6-10(16)17/h3-9H2,1-2H3,(H,14,18)(H,16,17). The second-order valence-corrected chi connectivity index (χ2v) is 6.14. The summed E-state index contributed by atoms with van der Waals surface area (Å²) < 4.78 is 10.7. The fourth-order valence-electron chi connectivity index (χ4n) is 2.60. The molecule has 2 rings (SSSR count). The second kappa shape index (κ2) is 5.57. The van der Waals surface area contributed by atoms with Gasteiger partial charge < -0.3 is 24.8 Å². The van der Waals surface area contributed by atoms with Crippen LogP contribution in [-0.4, -0.2) is 66.1 Å². The molecule has 2 fully saturated rings. The van der Waals surface area contributed by atoms with Crippen LogP contribution in [0.3, 0.4) is 0 Å². The van der Waals surface area contributed by atoms with Crippen molar-refractivity contribution in [3.8, 4) is 0 Å².